The number of benzene rings is 1. The molecule has 1 amide bonds. The summed E-state index contributed by atoms with van der Waals surface area (Å²) in [5, 5.41) is 0. The fourth-order valence-electron chi connectivity index (χ4n) is 3.32. The molecule has 3 rings (SSSR count). The molecule has 88 valence electrons. The molecule has 2 aliphatic rings. The number of Topliss-reactive ketones (excluding diaryl/α,β-unsaturated/α-hetero) is 1. The van der Waals surface area contributed by atoms with Crippen LogP contribution in [0.4, 0.5) is 0 Å². The molecule has 1 aromatic rings. The van der Waals surface area contributed by atoms with E-state index in [1.54, 1.807) is 0 Å². The smallest absolute Gasteiger partial charge is 0.229 e. The number of ketones is 1. The van der Waals surface area contributed by atoms with E-state index < -0.39 is 11.8 Å². The molecule has 2 atom stereocenters. The normalized spacial score (nSPS) is 26.5. The second-order valence-electron chi connectivity index (χ2n) is 4.97. The lowest BCUT2D eigenvalue weighted by atomic mass is 9.87. The van der Waals surface area contributed by atoms with Crippen molar-refractivity contribution < 1.29 is 9.59 Å². The van der Waals surface area contributed by atoms with E-state index in [-0.39, 0.29) is 11.7 Å². The van der Waals surface area contributed by atoms with Crippen molar-refractivity contribution in [1.29, 1.82) is 0 Å². The topological polar surface area (TPSA) is 60.2 Å². The van der Waals surface area contributed by atoms with Crippen molar-refractivity contribution in [3.8, 4) is 0 Å². The van der Waals surface area contributed by atoms with Gasteiger partial charge in [-0.2, -0.15) is 0 Å². The van der Waals surface area contributed by atoms with Crippen molar-refractivity contribution in [2.45, 2.75) is 31.6 Å². The van der Waals surface area contributed by atoms with E-state index in [2.05, 4.69) is 6.07 Å². The highest BCUT2D eigenvalue weighted by molar-refractivity contribution is 6.14. The number of hydrogen-bond donors (Lipinski definition) is 1. The lowest BCUT2D eigenvalue weighted by Crippen LogP contribution is -2.30. The number of rotatable bonds is 1. The molecule has 0 saturated carbocycles. The molecule has 0 bridgehead atoms. The first-order valence-electron chi connectivity index (χ1n) is 6.15. The minimum Gasteiger partial charge on any atom is -0.369 e. The van der Waals surface area contributed by atoms with Gasteiger partial charge in [-0.1, -0.05) is 24.6 Å². The van der Waals surface area contributed by atoms with Gasteiger partial charge >= 0.3 is 0 Å². The monoisotopic (exact) mass is 229 g/mol. The molecule has 3 heteroatoms. The van der Waals surface area contributed by atoms with Crippen molar-refractivity contribution in [2.75, 3.05) is 0 Å². The summed E-state index contributed by atoms with van der Waals surface area (Å²) in [6.45, 7) is 0. The molecule has 1 aromatic carbocycles. The zero-order chi connectivity index (χ0) is 12.0. The Kier molecular flexibility index (Phi) is 2.28. The first-order valence-corrected chi connectivity index (χ1v) is 6.15. The van der Waals surface area contributed by atoms with Crippen LogP contribution < -0.4 is 5.73 Å². The van der Waals surface area contributed by atoms with Gasteiger partial charge in [-0.15, -0.1) is 0 Å². The molecule has 0 heterocycles. The van der Waals surface area contributed by atoms with Crippen molar-refractivity contribution in [1.82, 2.24) is 0 Å². The largest absolute Gasteiger partial charge is 0.369 e. The molecule has 17 heavy (non-hydrogen) atoms. The van der Waals surface area contributed by atoms with Crippen LogP contribution in [0.1, 0.15) is 46.7 Å². The molecule has 3 nitrogen and oxygen atoms in total. The summed E-state index contributed by atoms with van der Waals surface area (Å²) in [4.78, 5) is 23.7. The van der Waals surface area contributed by atoms with Gasteiger partial charge < -0.3 is 5.73 Å². The average molecular weight is 229 g/mol. The van der Waals surface area contributed by atoms with Gasteiger partial charge in [-0.05, 0) is 30.4 Å². The minimum atomic E-state index is -0.621. The number of primary amides is 1. The Balaban J connectivity index is 2.20. The molecule has 0 aliphatic heterocycles. The van der Waals surface area contributed by atoms with Crippen LogP contribution in [-0.4, -0.2) is 11.7 Å². The maximum absolute atomic E-state index is 12.2. The molecule has 2 aliphatic carbocycles. The van der Waals surface area contributed by atoms with Gasteiger partial charge in [0.15, 0.2) is 5.78 Å². The summed E-state index contributed by atoms with van der Waals surface area (Å²) in [6.07, 6.45) is 4.12. The number of amides is 1. The highest BCUT2D eigenvalue weighted by atomic mass is 16.2. The third-order valence-corrected chi connectivity index (χ3v) is 4.04. The second kappa shape index (κ2) is 3.69. The van der Waals surface area contributed by atoms with E-state index in [1.165, 1.54) is 5.56 Å². The van der Waals surface area contributed by atoms with E-state index in [0.29, 0.717) is 0 Å². The highest BCUT2D eigenvalue weighted by Gasteiger charge is 2.44. The Labute approximate surface area is 100 Å². The number of hydrogen-bond acceptors (Lipinski definition) is 2. The van der Waals surface area contributed by atoms with Gasteiger partial charge in [0.25, 0.3) is 0 Å². The Bertz CT molecular complexity index is 507. The molecule has 0 fully saturated rings. The first kappa shape index (κ1) is 10.5. The van der Waals surface area contributed by atoms with Crippen LogP contribution >= 0.6 is 0 Å². The van der Waals surface area contributed by atoms with Crippen LogP contribution in [0.25, 0.3) is 0 Å². The lowest BCUT2D eigenvalue weighted by molar-refractivity contribution is -0.120. The number of aryl methyl sites for hydroxylation is 1. The minimum absolute atomic E-state index is 0.0358. The Morgan fingerprint density at radius 1 is 1.29 bits per heavy atom. The van der Waals surface area contributed by atoms with E-state index in [1.807, 2.05) is 12.1 Å². The quantitative estimate of drug-likeness (QED) is 0.746. The summed E-state index contributed by atoms with van der Waals surface area (Å²) in [5.41, 5.74) is 8.48. The lowest BCUT2D eigenvalue weighted by Gasteiger charge is -2.15. The fourth-order valence-corrected chi connectivity index (χ4v) is 3.32. The summed E-state index contributed by atoms with van der Waals surface area (Å²) in [5.74, 6) is -1.12. The van der Waals surface area contributed by atoms with Gasteiger partial charge in [0.05, 0.1) is 0 Å². The molecule has 0 radical (unpaired) electrons. The van der Waals surface area contributed by atoms with Crippen LogP contribution in [-0.2, 0) is 11.2 Å². The van der Waals surface area contributed by atoms with Gasteiger partial charge in [-0.3, -0.25) is 9.59 Å². The predicted octanol–water partition coefficient (Wildman–Crippen LogP) is 1.79. The molecular weight excluding hydrogens is 214 g/mol. The molecule has 2 unspecified atom stereocenters. The standard InChI is InChI=1S/C14H15NO2/c15-14(17)12-9-6-2-1-4-8-5-3-7-10(11(8)9)13(12)16/h3,5,7,9,12H,1-2,4,6H2,(H2,15,17). The number of nitrogens with two attached hydrogens (primary N) is 1. The van der Waals surface area contributed by atoms with Gasteiger partial charge in [-0.25, -0.2) is 0 Å². The Hall–Kier alpha value is -1.64. The van der Waals surface area contributed by atoms with Gasteiger partial charge in [0, 0.05) is 11.5 Å². The summed E-state index contributed by atoms with van der Waals surface area (Å²) in [6, 6.07) is 5.83. The predicted molar refractivity (Wildman–Crippen MR) is 63.8 cm³/mol. The Morgan fingerprint density at radius 3 is 2.88 bits per heavy atom. The van der Waals surface area contributed by atoms with Crippen molar-refractivity contribution in [3.63, 3.8) is 0 Å². The van der Waals surface area contributed by atoms with Crippen molar-refractivity contribution in [3.05, 3.63) is 34.9 Å². The van der Waals surface area contributed by atoms with Crippen LogP contribution in [0.15, 0.2) is 18.2 Å². The third kappa shape index (κ3) is 1.42. The molecule has 0 spiro atoms. The van der Waals surface area contributed by atoms with Crippen molar-refractivity contribution >= 4 is 11.7 Å². The van der Waals surface area contributed by atoms with Gasteiger partial charge in [0.1, 0.15) is 5.92 Å². The van der Waals surface area contributed by atoms with Crippen LogP contribution in [0.2, 0.25) is 0 Å². The first-order chi connectivity index (χ1) is 8.20. The van der Waals surface area contributed by atoms with E-state index in [0.717, 1.165) is 36.8 Å². The SMILES string of the molecule is NC(=O)C1C(=O)c2cccc3c2C1CCCC3. The van der Waals surface area contributed by atoms with E-state index >= 15 is 0 Å². The zero-order valence-corrected chi connectivity index (χ0v) is 9.61. The van der Waals surface area contributed by atoms with Crippen LogP contribution in [0, 0.1) is 5.92 Å². The summed E-state index contributed by atoms with van der Waals surface area (Å²) < 4.78 is 0. The Morgan fingerprint density at radius 2 is 2.12 bits per heavy atom. The highest BCUT2D eigenvalue weighted by Crippen LogP contribution is 2.44. The van der Waals surface area contributed by atoms with Crippen LogP contribution in [0.5, 0.6) is 0 Å². The molecular formula is C14H15NO2. The van der Waals surface area contributed by atoms with E-state index in [9.17, 15) is 9.59 Å². The summed E-state index contributed by atoms with van der Waals surface area (Å²) >= 11 is 0. The third-order valence-electron chi connectivity index (χ3n) is 4.04. The second-order valence-corrected chi connectivity index (χ2v) is 4.97. The number of carbonyl (C=O) groups excluding carboxylic acids is 2. The fraction of sp³-hybridized carbons (Fsp3) is 0.429. The van der Waals surface area contributed by atoms with Gasteiger partial charge in [0.2, 0.25) is 5.91 Å². The maximum Gasteiger partial charge on any atom is 0.229 e. The number of carbonyl (C=O) groups is 2. The van der Waals surface area contributed by atoms with Crippen LogP contribution in [0.3, 0.4) is 0 Å². The zero-order valence-electron chi connectivity index (χ0n) is 9.61. The average Bonchev–Trinajstić information content (AvgIpc) is 2.47. The molecule has 2 N–H and O–H groups in total. The maximum atomic E-state index is 12.2. The molecule has 0 aromatic heterocycles. The van der Waals surface area contributed by atoms with E-state index in [4.69, 9.17) is 5.73 Å². The van der Waals surface area contributed by atoms with Crippen molar-refractivity contribution in [2.24, 2.45) is 11.7 Å². The molecule has 0 saturated heterocycles. The summed E-state index contributed by atoms with van der Waals surface area (Å²) in [7, 11) is 0.